The van der Waals surface area contributed by atoms with Gasteiger partial charge in [-0.15, -0.1) is 11.6 Å². The van der Waals surface area contributed by atoms with Crippen LogP contribution in [-0.4, -0.2) is 30.0 Å². The van der Waals surface area contributed by atoms with E-state index >= 15 is 0 Å². The smallest absolute Gasteiger partial charge is 0.224 e. The highest BCUT2D eigenvalue weighted by molar-refractivity contribution is 6.19. The summed E-state index contributed by atoms with van der Waals surface area (Å²) in [5.41, 5.74) is -0.262. The lowest BCUT2D eigenvalue weighted by Gasteiger charge is -2.22. The normalized spacial score (nSPS) is 13.9. The van der Waals surface area contributed by atoms with Gasteiger partial charge in [0, 0.05) is 30.4 Å². The Kier molecular flexibility index (Phi) is 5.33. The van der Waals surface area contributed by atoms with E-state index in [1.807, 2.05) is 13.8 Å². The first-order valence-corrected chi connectivity index (χ1v) is 4.91. The van der Waals surface area contributed by atoms with E-state index in [9.17, 15) is 4.79 Å². The summed E-state index contributed by atoms with van der Waals surface area (Å²) in [6.45, 7) is 6.08. The average Bonchev–Trinajstić information content (AvgIpc) is 2.13. The van der Waals surface area contributed by atoms with Gasteiger partial charge in [-0.05, 0) is 0 Å². The van der Waals surface area contributed by atoms with E-state index < -0.39 is 0 Å². The fraction of sp³-hybridized carbons (Fsp3) is 0.889. The Morgan fingerprint density at radius 3 is 2.54 bits per heavy atom. The molecule has 1 unspecified atom stereocenters. The zero-order valence-electron chi connectivity index (χ0n) is 8.43. The number of halogens is 1. The maximum atomic E-state index is 11.3. The summed E-state index contributed by atoms with van der Waals surface area (Å²) in [7, 11) is 0. The number of nitrogens with one attached hydrogen (secondary N) is 1. The molecule has 0 aliphatic carbocycles. The summed E-state index contributed by atoms with van der Waals surface area (Å²) in [6, 6.07) is 0. The van der Waals surface area contributed by atoms with E-state index in [1.165, 1.54) is 0 Å². The molecule has 0 saturated heterocycles. The predicted octanol–water partition coefficient (Wildman–Crippen LogP) is 0.996. The Bertz CT molecular complexity index is 171. The summed E-state index contributed by atoms with van der Waals surface area (Å²) < 4.78 is 0. The topological polar surface area (TPSA) is 49.3 Å². The third kappa shape index (κ3) is 5.11. The molecule has 78 valence electrons. The Labute approximate surface area is 84.5 Å². The van der Waals surface area contributed by atoms with Gasteiger partial charge in [0.25, 0.3) is 0 Å². The first-order chi connectivity index (χ1) is 5.93. The van der Waals surface area contributed by atoms with E-state index in [0.717, 1.165) is 0 Å². The summed E-state index contributed by atoms with van der Waals surface area (Å²) >= 11 is 5.52. The highest BCUT2D eigenvalue weighted by Crippen LogP contribution is 2.11. The third-order valence-corrected chi connectivity index (χ3v) is 2.31. The van der Waals surface area contributed by atoms with Gasteiger partial charge in [0.1, 0.15) is 0 Å². The number of amides is 1. The van der Waals surface area contributed by atoms with Gasteiger partial charge < -0.3 is 10.4 Å². The summed E-state index contributed by atoms with van der Waals surface area (Å²) in [5.74, 6) is 0.0958. The second-order valence-corrected chi connectivity index (χ2v) is 4.40. The van der Waals surface area contributed by atoms with Crippen molar-refractivity contribution in [1.82, 2.24) is 5.32 Å². The summed E-state index contributed by atoms with van der Waals surface area (Å²) in [5, 5.41) is 11.7. The van der Waals surface area contributed by atoms with Crippen molar-refractivity contribution >= 4 is 17.5 Å². The van der Waals surface area contributed by atoms with Crippen LogP contribution in [0.15, 0.2) is 0 Å². The Morgan fingerprint density at radius 2 is 2.15 bits per heavy atom. The summed E-state index contributed by atoms with van der Waals surface area (Å²) in [4.78, 5) is 11.3. The van der Waals surface area contributed by atoms with Crippen molar-refractivity contribution in [3.63, 3.8) is 0 Å². The molecule has 0 spiro atoms. The second kappa shape index (κ2) is 5.45. The van der Waals surface area contributed by atoms with Crippen LogP contribution < -0.4 is 5.32 Å². The van der Waals surface area contributed by atoms with E-state index in [0.29, 0.717) is 12.4 Å². The molecule has 0 bridgehead atoms. The maximum Gasteiger partial charge on any atom is 0.224 e. The van der Waals surface area contributed by atoms with Crippen LogP contribution in [0.25, 0.3) is 0 Å². The number of carbonyl (C=O) groups is 1. The molecule has 1 atom stereocenters. The molecule has 0 aromatic heterocycles. The highest BCUT2D eigenvalue weighted by Gasteiger charge is 2.19. The van der Waals surface area contributed by atoms with Gasteiger partial charge in [0.15, 0.2) is 0 Å². The van der Waals surface area contributed by atoms with E-state index in [2.05, 4.69) is 5.32 Å². The van der Waals surface area contributed by atoms with Crippen LogP contribution >= 0.6 is 11.6 Å². The van der Waals surface area contributed by atoms with Gasteiger partial charge in [-0.1, -0.05) is 20.8 Å². The van der Waals surface area contributed by atoms with Crippen molar-refractivity contribution in [2.75, 3.05) is 19.0 Å². The molecule has 3 nitrogen and oxygen atoms in total. The quantitative estimate of drug-likeness (QED) is 0.661. The molecule has 0 heterocycles. The number of aliphatic hydroxyl groups excluding tert-OH is 1. The van der Waals surface area contributed by atoms with Crippen LogP contribution in [0.2, 0.25) is 0 Å². The van der Waals surface area contributed by atoms with Crippen molar-refractivity contribution < 1.29 is 9.90 Å². The van der Waals surface area contributed by atoms with Crippen molar-refractivity contribution in [3.8, 4) is 0 Å². The average molecular weight is 208 g/mol. The molecule has 4 heteroatoms. The lowest BCUT2D eigenvalue weighted by atomic mass is 9.95. The van der Waals surface area contributed by atoms with Crippen LogP contribution in [0, 0.1) is 11.3 Å². The molecule has 0 fully saturated rings. The number of aliphatic hydroxyl groups is 1. The zero-order valence-corrected chi connectivity index (χ0v) is 9.19. The number of alkyl halides is 1. The lowest BCUT2D eigenvalue weighted by Crippen LogP contribution is -2.38. The number of hydrogen-bond acceptors (Lipinski definition) is 2. The Morgan fingerprint density at radius 1 is 1.62 bits per heavy atom. The zero-order chi connectivity index (χ0) is 10.5. The standard InChI is InChI=1S/C9H18ClNO2/c1-7(4-10)8(13)11-5-9(2,3)6-12/h7,12H,4-6H2,1-3H3,(H,11,13). The third-order valence-electron chi connectivity index (χ3n) is 1.85. The minimum atomic E-state index is -0.262. The lowest BCUT2D eigenvalue weighted by molar-refractivity contribution is -0.124. The molecule has 0 aliphatic rings. The molecule has 0 saturated carbocycles. The summed E-state index contributed by atoms with van der Waals surface area (Å²) in [6.07, 6.45) is 0. The number of rotatable bonds is 5. The van der Waals surface area contributed by atoms with Crippen molar-refractivity contribution in [1.29, 1.82) is 0 Å². The molecule has 0 aromatic carbocycles. The number of hydrogen-bond donors (Lipinski definition) is 2. The van der Waals surface area contributed by atoms with E-state index in [4.69, 9.17) is 16.7 Å². The minimum absolute atomic E-state index is 0.0581. The van der Waals surface area contributed by atoms with Gasteiger partial charge in [0.05, 0.1) is 0 Å². The predicted molar refractivity (Wildman–Crippen MR) is 53.8 cm³/mol. The highest BCUT2D eigenvalue weighted by atomic mass is 35.5. The van der Waals surface area contributed by atoms with E-state index in [1.54, 1.807) is 6.92 Å². The number of carbonyl (C=O) groups excluding carboxylic acids is 1. The molecule has 2 N–H and O–H groups in total. The molecule has 0 aliphatic heterocycles. The Hall–Kier alpha value is -0.280. The second-order valence-electron chi connectivity index (χ2n) is 4.10. The molecular weight excluding hydrogens is 190 g/mol. The maximum absolute atomic E-state index is 11.3. The van der Waals surface area contributed by atoms with Crippen LogP contribution in [0.5, 0.6) is 0 Å². The Balaban J connectivity index is 3.83. The van der Waals surface area contributed by atoms with Crippen LogP contribution in [0.1, 0.15) is 20.8 Å². The largest absolute Gasteiger partial charge is 0.396 e. The van der Waals surface area contributed by atoms with Gasteiger partial charge in [-0.2, -0.15) is 0 Å². The van der Waals surface area contributed by atoms with Crippen molar-refractivity contribution in [2.24, 2.45) is 11.3 Å². The first-order valence-electron chi connectivity index (χ1n) is 4.37. The minimum Gasteiger partial charge on any atom is -0.396 e. The fourth-order valence-electron chi connectivity index (χ4n) is 0.627. The van der Waals surface area contributed by atoms with E-state index in [-0.39, 0.29) is 23.8 Å². The molecule has 13 heavy (non-hydrogen) atoms. The molecule has 0 rings (SSSR count). The fourth-order valence-corrected chi connectivity index (χ4v) is 0.767. The molecular formula is C9H18ClNO2. The van der Waals surface area contributed by atoms with Gasteiger partial charge >= 0.3 is 0 Å². The molecule has 0 aromatic rings. The molecule has 0 radical (unpaired) electrons. The van der Waals surface area contributed by atoms with Crippen LogP contribution in [0.3, 0.4) is 0 Å². The van der Waals surface area contributed by atoms with Crippen LogP contribution in [0.4, 0.5) is 0 Å². The van der Waals surface area contributed by atoms with Gasteiger partial charge in [0.2, 0.25) is 5.91 Å². The first kappa shape index (κ1) is 12.7. The van der Waals surface area contributed by atoms with Crippen LogP contribution in [-0.2, 0) is 4.79 Å². The molecule has 1 amide bonds. The van der Waals surface area contributed by atoms with Crippen molar-refractivity contribution in [2.45, 2.75) is 20.8 Å². The van der Waals surface area contributed by atoms with Crippen molar-refractivity contribution in [3.05, 3.63) is 0 Å². The van der Waals surface area contributed by atoms with Gasteiger partial charge in [-0.3, -0.25) is 4.79 Å². The SMILES string of the molecule is CC(CCl)C(=O)NCC(C)(C)CO. The monoisotopic (exact) mass is 207 g/mol. The van der Waals surface area contributed by atoms with Gasteiger partial charge in [-0.25, -0.2) is 0 Å².